The highest BCUT2D eigenvalue weighted by atomic mass is 16.6. The summed E-state index contributed by atoms with van der Waals surface area (Å²) in [5.41, 5.74) is 0.861. The van der Waals surface area contributed by atoms with Crippen LogP contribution in [-0.4, -0.2) is 31.7 Å². The third-order valence-electron chi connectivity index (χ3n) is 3.35. The lowest BCUT2D eigenvalue weighted by Crippen LogP contribution is -2.31. The molecule has 134 valence electrons. The molecule has 1 N–H and O–H groups in total. The molecule has 0 spiro atoms. The lowest BCUT2D eigenvalue weighted by Gasteiger charge is -2.14. The zero-order valence-electron chi connectivity index (χ0n) is 14.4. The molecule has 0 unspecified atom stereocenters. The molecule has 0 fully saturated rings. The van der Waals surface area contributed by atoms with Gasteiger partial charge in [0.15, 0.2) is 24.2 Å². The van der Waals surface area contributed by atoms with Gasteiger partial charge in [0.05, 0.1) is 18.7 Å². The van der Waals surface area contributed by atoms with Crippen LogP contribution in [0.15, 0.2) is 48.5 Å². The number of methoxy groups -OCH3 is 1. The van der Waals surface area contributed by atoms with Gasteiger partial charge in [0.2, 0.25) is 0 Å². The number of esters is 1. The number of carbonyl (C=O) groups excluding carboxylic acids is 2. The van der Waals surface area contributed by atoms with E-state index in [1.807, 2.05) is 6.07 Å². The first kappa shape index (κ1) is 18.8. The first-order valence-electron chi connectivity index (χ1n) is 7.80. The number of benzene rings is 2. The minimum absolute atomic E-state index is 0.359. The second kappa shape index (κ2) is 9.08. The molecule has 7 heteroatoms. The van der Waals surface area contributed by atoms with E-state index in [4.69, 9.17) is 19.5 Å². The number of anilines is 1. The fraction of sp³-hybridized carbons (Fsp3) is 0.211. The minimum atomic E-state index is -1.02. The summed E-state index contributed by atoms with van der Waals surface area (Å²) in [6, 6.07) is 15.3. The Balaban J connectivity index is 1.86. The molecule has 0 aliphatic heterocycles. The van der Waals surface area contributed by atoms with E-state index in [1.165, 1.54) is 20.1 Å². The van der Waals surface area contributed by atoms with Gasteiger partial charge < -0.3 is 19.5 Å². The van der Waals surface area contributed by atoms with Crippen LogP contribution in [0.3, 0.4) is 0 Å². The van der Waals surface area contributed by atoms with Crippen LogP contribution in [-0.2, 0) is 14.3 Å². The van der Waals surface area contributed by atoms with E-state index in [-0.39, 0.29) is 6.61 Å². The van der Waals surface area contributed by atoms with Crippen molar-refractivity contribution >= 4 is 17.6 Å². The van der Waals surface area contributed by atoms with Gasteiger partial charge in [0, 0.05) is 5.69 Å². The Bertz CT molecular complexity index is 829. The van der Waals surface area contributed by atoms with E-state index in [9.17, 15) is 9.59 Å². The van der Waals surface area contributed by atoms with Crippen LogP contribution in [0.25, 0.3) is 0 Å². The third kappa shape index (κ3) is 5.24. The average molecular weight is 354 g/mol. The number of hydrogen-bond acceptors (Lipinski definition) is 6. The number of nitriles is 1. The summed E-state index contributed by atoms with van der Waals surface area (Å²) < 4.78 is 15.5. The van der Waals surface area contributed by atoms with Crippen LogP contribution in [0.4, 0.5) is 5.69 Å². The molecule has 0 saturated carbocycles. The largest absolute Gasteiger partial charge is 0.493 e. The van der Waals surface area contributed by atoms with Gasteiger partial charge in [-0.25, -0.2) is 4.79 Å². The monoisotopic (exact) mass is 354 g/mol. The Kier molecular flexibility index (Phi) is 6.57. The zero-order chi connectivity index (χ0) is 18.9. The summed E-state index contributed by atoms with van der Waals surface area (Å²) in [6.45, 7) is 1.09. The maximum atomic E-state index is 12.1. The topological polar surface area (TPSA) is 97.7 Å². The predicted octanol–water partition coefficient (Wildman–Crippen LogP) is 2.52. The molecule has 0 heterocycles. The zero-order valence-corrected chi connectivity index (χ0v) is 14.4. The molecular weight excluding hydrogens is 336 g/mol. The Hall–Kier alpha value is -3.53. The predicted molar refractivity (Wildman–Crippen MR) is 93.8 cm³/mol. The summed E-state index contributed by atoms with van der Waals surface area (Å²) in [5.74, 6) is -0.309. The van der Waals surface area contributed by atoms with Gasteiger partial charge in [-0.1, -0.05) is 18.2 Å². The first-order chi connectivity index (χ1) is 12.5. The number of para-hydroxylation sites is 2. The van der Waals surface area contributed by atoms with Crippen LogP contribution in [0.5, 0.6) is 11.5 Å². The molecule has 2 aromatic carbocycles. The standard InChI is InChI=1S/C19H18N2O5/c1-13(19(23)21-15-7-5-6-14(10-15)11-20)26-18(22)12-25-17-9-4-3-8-16(17)24-2/h3-10,13H,12H2,1-2H3,(H,21,23)/t13-/m0/s1. The molecule has 1 amide bonds. The van der Waals surface area contributed by atoms with Crippen LogP contribution < -0.4 is 14.8 Å². The van der Waals surface area contributed by atoms with E-state index in [0.717, 1.165) is 0 Å². The Morgan fingerprint density at radius 1 is 1.15 bits per heavy atom. The van der Waals surface area contributed by atoms with Crippen LogP contribution in [0, 0.1) is 11.3 Å². The molecule has 1 atom stereocenters. The minimum Gasteiger partial charge on any atom is -0.493 e. The molecule has 2 aromatic rings. The van der Waals surface area contributed by atoms with Gasteiger partial charge in [-0.05, 0) is 37.3 Å². The molecule has 0 saturated heterocycles. The number of carbonyl (C=O) groups is 2. The smallest absolute Gasteiger partial charge is 0.344 e. The summed E-state index contributed by atoms with van der Waals surface area (Å²) in [6.07, 6.45) is -1.02. The molecule has 26 heavy (non-hydrogen) atoms. The van der Waals surface area contributed by atoms with E-state index in [2.05, 4.69) is 5.32 Å². The maximum Gasteiger partial charge on any atom is 0.344 e. The van der Waals surface area contributed by atoms with E-state index >= 15 is 0 Å². The molecule has 0 aliphatic carbocycles. The fourth-order valence-corrected chi connectivity index (χ4v) is 2.07. The van der Waals surface area contributed by atoms with Gasteiger partial charge in [0.1, 0.15) is 0 Å². The first-order valence-corrected chi connectivity index (χ1v) is 7.80. The van der Waals surface area contributed by atoms with E-state index < -0.39 is 18.0 Å². The van der Waals surface area contributed by atoms with Crippen molar-refractivity contribution in [2.45, 2.75) is 13.0 Å². The highest BCUT2D eigenvalue weighted by Gasteiger charge is 2.19. The second-order valence-electron chi connectivity index (χ2n) is 5.25. The lowest BCUT2D eigenvalue weighted by atomic mass is 10.2. The summed E-state index contributed by atoms with van der Waals surface area (Å²) in [5, 5.41) is 11.4. The SMILES string of the molecule is COc1ccccc1OCC(=O)O[C@@H](C)C(=O)Nc1cccc(C#N)c1. The summed E-state index contributed by atoms with van der Waals surface area (Å²) >= 11 is 0. The molecule has 0 bridgehead atoms. The summed E-state index contributed by atoms with van der Waals surface area (Å²) in [4.78, 5) is 24.0. The number of rotatable bonds is 7. The number of hydrogen-bond donors (Lipinski definition) is 1. The molecule has 2 rings (SSSR count). The van der Waals surface area contributed by atoms with E-state index in [1.54, 1.807) is 42.5 Å². The fourth-order valence-electron chi connectivity index (χ4n) is 2.07. The van der Waals surface area contributed by atoms with Crippen LogP contribution in [0.2, 0.25) is 0 Å². The van der Waals surface area contributed by atoms with Crippen LogP contribution >= 0.6 is 0 Å². The maximum absolute atomic E-state index is 12.1. The number of nitrogens with zero attached hydrogens (tertiary/aromatic N) is 1. The van der Waals surface area contributed by atoms with Crippen molar-refractivity contribution in [3.8, 4) is 17.6 Å². The van der Waals surface area contributed by atoms with Gasteiger partial charge in [0.25, 0.3) is 5.91 Å². The lowest BCUT2D eigenvalue weighted by molar-refractivity contribution is -0.155. The highest BCUT2D eigenvalue weighted by molar-refractivity contribution is 5.95. The van der Waals surface area contributed by atoms with Crippen LogP contribution in [0.1, 0.15) is 12.5 Å². The number of ether oxygens (including phenoxy) is 3. The van der Waals surface area contributed by atoms with Gasteiger partial charge in [-0.2, -0.15) is 5.26 Å². The molecule has 7 nitrogen and oxygen atoms in total. The normalized spacial score (nSPS) is 11.0. The Morgan fingerprint density at radius 3 is 2.58 bits per heavy atom. The molecule has 0 radical (unpaired) electrons. The Labute approximate surface area is 151 Å². The molecule has 0 aromatic heterocycles. The van der Waals surface area contributed by atoms with Crippen molar-refractivity contribution in [1.82, 2.24) is 0 Å². The third-order valence-corrected chi connectivity index (χ3v) is 3.35. The average Bonchev–Trinajstić information content (AvgIpc) is 2.66. The summed E-state index contributed by atoms with van der Waals surface area (Å²) in [7, 11) is 1.49. The van der Waals surface area contributed by atoms with Crippen molar-refractivity contribution in [3.05, 3.63) is 54.1 Å². The van der Waals surface area contributed by atoms with E-state index in [0.29, 0.717) is 22.7 Å². The molecular formula is C19H18N2O5. The molecule has 0 aliphatic rings. The number of nitrogens with one attached hydrogen (secondary N) is 1. The number of amides is 1. The van der Waals surface area contributed by atoms with Crippen molar-refractivity contribution < 1.29 is 23.8 Å². The van der Waals surface area contributed by atoms with Crippen molar-refractivity contribution in [2.24, 2.45) is 0 Å². The van der Waals surface area contributed by atoms with Crippen molar-refractivity contribution in [1.29, 1.82) is 5.26 Å². The Morgan fingerprint density at radius 2 is 1.88 bits per heavy atom. The van der Waals surface area contributed by atoms with Crippen molar-refractivity contribution in [2.75, 3.05) is 19.0 Å². The van der Waals surface area contributed by atoms with Gasteiger partial charge in [-0.3, -0.25) is 4.79 Å². The highest BCUT2D eigenvalue weighted by Crippen LogP contribution is 2.25. The van der Waals surface area contributed by atoms with Gasteiger partial charge in [-0.15, -0.1) is 0 Å². The quantitative estimate of drug-likeness (QED) is 0.767. The second-order valence-corrected chi connectivity index (χ2v) is 5.25. The van der Waals surface area contributed by atoms with Gasteiger partial charge >= 0.3 is 5.97 Å². The van der Waals surface area contributed by atoms with Crippen molar-refractivity contribution in [3.63, 3.8) is 0 Å².